The fourth-order valence-electron chi connectivity index (χ4n) is 2.69. The van der Waals surface area contributed by atoms with Crippen LogP contribution in [-0.2, 0) is 11.3 Å². The van der Waals surface area contributed by atoms with Gasteiger partial charge in [-0.15, -0.1) is 16.4 Å². The zero-order valence-electron chi connectivity index (χ0n) is 12.1. The molecular formula is C14H16N4O3S. The van der Waals surface area contributed by atoms with E-state index in [-0.39, 0.29) is 11.6 Å². The molecule has 0 aliphatic carbocycles. The quantitative estimate of drug-likeness (QED) is 0.921. The van der Waals surface area contributed by atoms with E-state index < -0.39 is 11.5 Å². The zero-order chi connectivity index (χ0) is 15.7. The van der Waals surface area contributed by atoms with E-state index in [0.717, 1.165) is 4.88 Å². The second kappa shape index (κ2) is 5.53. The first kappa shape index (κ1) is 14.7. The number of thiophene rings is 1. The zero-order valence-corrected chi connectivity index (χ0v) is 12.9. The molecule has 1 saturated heterocycles. The highest BCUT2D eigenvalue weighted by atomic mass is 32.1. The van der Waals surface area contributed by atoms with E-state index in [4.69, 9.17) is 0 Å². The van der Waals surface area contributed by atoms with Crippen LogP contribution in [0.4, 0.5) is 0 Å². The van der Waals surface area contributed by atoms with Crippen LogP contribution in [0.3, 0.4) is 0 Å². The lowest BCUT2D eigenvalue weighted by molar-refractivity contribution is -0.147. The minimum Gasteiger partial charge on any atom is -0.480 e. The number of aliphatic carboxylic acids is 1. The third-order valence-corrected chi connectivity index (χ3v) is 4.86. The van der Waals surface area contributed by atoms with Gasteiger partial charge in [-0.25, -0.2) is 9.48 Å². The number of amides is 1. The van der Waals surface area contributed by atoms with E-state index >= 15 is 0 Å². The topological polar surface area (TPSA) is 88.3 Å². The molecule has 0 radical (unpaired) electrons. The van der Waals surface area contributed by atoms with Gasteiger partial charge in [0.05, 0.1) is 12.7 Å². The molecule has 8 heteroatoms. The van der Waals surface area contributed by atoms with Crippen LogP contribution in [0.5, 0.6) is 0 Å². The van der Waals surface area contributed by atoms with E-state index in [2.05, 4.69) is 10.3 Å². The summed E-state index contributed by atoms with van der Waals surface area (Å²) in [5.41, 5.74) is -0.972. The van der Waals surface area contributed by atoms with Crippen molar-refractivity contribution in [3.05, 3.63) is 34.3 Å². The second-order valence-electron chi connectivity index (χ2n) is 5.52. The molecule has 1 aliphatic rings. The summed E-state index contributed by atoms with van der Waals surface area (Å²) in [5.74, 6) is -1.36. The van der Waals surface area contributed by atoms with Crippen LogP contribution in [-0.4, -0.2) is 49.0 Å². The maximum Gasteiger partial charge on any atom is 0.329 e. The highest BCUT2D eigenvalue weighted by Gasteiger charge is 2.46. The highest BCUT2D eigenvalue weighted by molar-refractivity contribution is 7.09. The Morgan fingerprint density at radius 1 is 1.50 bits per heavy atom. The number of hydrogen-bond donors (Lipinski definition) is 1. The molecule has 1 aliphatic heterocycles. The Balaban J connectivity index is 1.78. The number of aromatic nitrogens is 3. The monoisotopic (exact) mass is 320 g/mol. The van der Waals surface area contributed by atoms with E-state index in [0.29, 0.717) is 25.9 Å². The lowest BCUT2D eigenvalue weighted by atomic mass is 9.99. The van der Waals surface area contributed by atoms with Crippen LogP contribution < -0.4 is 0 Å². The summed E-state index contributed by atoms with van der Waals surface area (Å²) in [7, 11) is 0. The Kier molecular flexibility index (Phi) is 3.69. The highest BCUT2D eigenvalue weighted by Crippen LogP contribution is 2.30. The van der Waals surface area contributed by atoms with Gasteiger partial charge in [0.1, 0.15) is 5.54 Å². The number of hydrogen-bond acceptors (Lipinski definition) is 5. The van der Waals surface area contributed by atoms with Gasteiger partial charge in [0.15, 0.2) is 5.69 Å². The molecule has 1 unspecified atom stereocenters. The molecule has 1 N–H and O–H groups in total. The summed E-state index contributed by atoms with van der Waals surface area (Å²) in [6.45, 7) is 2.56. The van der Waals surface area contributed by atoms with Crippen molar-refractivity contribution in [3.8, 4) is 0 Å². The van der Waals surface area contributed by atoms with Crippen molar-refractivity contribution >= 4 is 23.2 Å². The average Bonchev–Trinajstić information content (AvgIpc) is 3.20. The maximum atomic E-state index is 12.5. The largest absolute Gasteiger partial charge is 0.480 e. The van der Waals surface area contributed by atoms with Crippen molar-refractivity contribution in [3.63, 3.8) is 0 Å². The van der Waals surface area contributed by atoms with Crippen LogP contribution in [0, 0.1) is 0 Å². The number of carboxylic acid groups (broad SMARTS) is 1. The predicted molar refractivity (Wildman–Crippen MR) is 79.8 cm³/mol. The minimum atomic E-state index is -1.16. The smallest absolute Gasteiger partial charge is 0.329 e. The number of likely N-dealkylation sites (tertiary alicyclic amines) is 1. The Labute approximate surface area is 131 Å². The number of carboxylic acids is 1. The van der Waals surface area contributed by atoms with E-state index in [1.165, 1.54) is 4.90 Å². The van der Waals surface area contributed by atoms with Crippen molar-refractivity contribution in [1.82, 2.24) is 19.9 Å². The van der Waals surface area contributed by atoms with Crippen molar-refractivity contribution < 1.29 is 14.7 Å². The number of nitrogens with zero attached hydrogens (tertiary/aromatic N) is 4. The van der Waals surface area contributed by atoms with Crippen LogP contribution in [0.2, 0.25) is 0 Å². The van der Waals surface area contributed by atoms with Crippen LogP contribution in [0.1, 0.15) is 35.1 Å². The predicted octanol–water partition coefficient (Wildman–Crippen LogP) is 1.47. The molecule has 3 rings (SSSR count). The molecule has 0 saturated carbocycles. The first-order valence-corrected chi connectivity index (χ1v) is 7.86. The maximum absolute atomic E-state index is 12.5. The van der Waals surface area contributed by atoms with Gasteiger partial charge in [-0.1, -0.05) is 11.3 Å². The van der Waals surface area contributed by atoms with Crippen molar-refractivity contribution in [2.75, 3.05) is 6.54 Å². The van der Waals surface area contributed by atoms with E-state index in [1.54, 1.807) is 29.1 Å². The van der Waals surface area contributed by atoms with Gasteiger partial charge in [0.25, 0.3) is 5.91 Å². The summed E-state index contributed by atoms with van der Waals surface area (Å²) in [6.07, 6.45) is 2.71. The van der Waals surface area contributed by atoms with Crippen LogP contribution >= 0.6 is 11.3 Å². The molecule has 116 valence electrons. The van der Waals surface area contributed by atoms with E-state index in [1.807, 2.05) is 17.5 Å². The van der Waals surface area contributed by atoms with Gasteiger partial charge >= 0.3 is 5.97 Å². The molecule has 0 aromatic carbocycles. The Hall–Kier alpha value is -2.22. The van der Waals surface area contributed by atoms with Gasteiger partial charge in [0, 0.05) is 11.4 Å². The molecule has 2 aromatic rings. The van der Waals surface area contributed by atoms with Crippen molar-refractivity contribution in [1.29, 1.82) is 0 Å². The average molecular weight is 320 g/mol. The molecule has 1 atom stereocenters. The minimum absolute atomic E-state index is 0.186. The summed E-state index contributed by atoms with van der Waals surface area (Å²) < 4.78 is 1.59. The van der Waals surface area contributed by atoms with Gasteiger partial charge in [0.2, 0.25) is 0 Å². The van der Waals surface area contributed by atoms with Crippen LogP contribution in [0.15, 0.2) is 23.7 Å². The SMILES string of the molecule is CC1(C(=O)O)CCCN1C(=O)c1cn(Cc2cccs2)nn1. The Morgan fingerprint density at radius 2 is 2.32 bits per heavy atom. The molecule has 1 fully saturated rings. The molecule has 22 heavy (non-hydrogen) atoms. The number of carbonyl (C=O) groups is 2. The summed E-state index contributed by atoms with van der Waals surface area (Å²) >= 11 is 1.60. The molecule has 0 spiro atoms. The lowest BCUT2D eigenvalue weighted by Gasteiger charge is -2.30. The fourth-order valence-corrected chi connectivity index (χ4v) is 3.38. The van der Waals surface area contributed by atoms with Gasteiger partial charge in [-0.2, -0.15) is 0 Å². The van der Waals surface area contributed by atoms with Gasteiger partial charge < -0.3 is 10.0 Å². The number of rotatable bonds is 4. The third-order valence-electron chi connectivity index (χ3n) is 4.00. The molecule has 1 amide bonds. The van der Waals surface area contributed by atoms with Gasteiger partial charge in [-0.05, 0) is 31.2 Å². The van der Waals surface area contributed by atoms with Crippen molar-refractivity contribution in [2.24, 2.45) is 0 Å². The van der Waals surface area contributed by atoms with Crippen LogP contribution in [0.25, 0.3) is 0 Å². The third kappa shape index (κ3) is 2.50. The second-order valence-corrected chi connectivity index (χ2v) is 6.55. The normalized spacial score (nSPS) is 21.2. The standard InChI is InChI=1S/C14H16N4O3S/c1-14(13(20)21)5-3-6-18(14)12(19)11-9-17(16-15-11)8-10-4-2-7-22-10/h2,4,7,9H,3,5-6,8H2,1H3,(H,20,21). The van der Waals surface area contributed by atoms with Crippen molar-refractivity contribution in [2.45, 2.75) is 31.8 Å². The first-order chi connectivity index (χ1) is 10.5. The molecule has 3 heterocycles. The van der Waals surface area contributed by atoms with E-state index in [9.17, 15) is 14.7 Å². The molecule has 0 bridgehead atoms. The Bertz CT molecular complexity index is 697. The lowest BCUT2D eigenvalue weighted by Crippen LogP contribution is -2.50. The molecule has 2 aromatic heterocycles. The molecular weight excluding hydrogens is 304 g/mol. The summed E-state index contributed by atoms with van der Waals surface area (Å²) in [6, 6.07) is 3.93. The first-order valence-electron chi connectivity index (χ1n) is 6.98. The van der Waals surface area contributed by atoms with Gasteiger partial charge in [-0.3, -0.25) is 4.79 Å². The summed E-state index contributed by atoms with van der Waals surface area (Å²) in [5, 5.41) is 19.2. The number of carbonyl (C=O) groups excluding carboxylic acids is 1. The Morgan fingerprint density at radius 3 is 3.00 bits per heavy atom. The fraction of sp³-hybridized carbons (Fsp3) is 0.429. The molecule has 7 nitrogen and oxygen atoms in total. The summed E-state index contributed by atoms with van der Waals surface area (Å²) in [4.78, 5) is 26.5.